The maximum atomic E-state index is 12.6. The van der Waals surface area contributed by atoms with E-state index in [1.54, 1.807) is 11.9 Å². The van der Waals surface area contributed by atoms with Gasteiger partial charge >= 0.3 is 0 Å². The first-order chi connectivity index (χ1) is 14.0. The van der Waals surface area contributed by atoms with Crippen molar-refractivity contribution in [3.05, 3.63) is 70.5 Å². The van der Waals surface area contributed by atoms with Crippen LogP contribution in [-0.4, -0.2) is 46.1 Å². The van der Waals surface area contributed by atoms with Crippen molar-refractivity contribution < 1.29 is 9.53 Å². The normalized spacial score (nSPS) is 15.8. The number of benzene rings is 2. The summed E-state index contributed by atoms with van der Waals surface area (Å²) in [5.74, 6) is 0.754. The fourth-order valence-electron chi connectivity index (χ4n) is 3.41. The molecule has 0 N–H and O–H groups in total. The number of likely N-dealkylation sites (N-methyl/N-ethyl adjacent to an activating group) is 2. The van der Waals surface area contributed by atoms with Crippen LogP contribution in [0.5, 0.6) is 5.75 Å². The predicted molar refractivity (Wildman–Crippen MR) is 123 cm³/mol. The Hall–Kier alpha value is -2.64. The first-order valence-electron chi connectivity index (χ1n) is 9.19. The largest absolute Gasteiger partial charge is 0.492 e. The third-order valence-corrected chi connectivity index (χ3v) is 6.01. The zero-order chi connectivity index (χ0) is 20.5. The summed E-state index contributed by atoms with van der Waals surface area (Å²) >= 11 is 8.87. The van der Waals surface area contributed by atoms with E-state index in [1.165, 1.54) is 4.90 Å². The zero-order valence-corrected chi connectivity index (χ0v) is 18.5. The van der Waals surface area contributed by atoms with Crippen LogP contribution in [0.3, 0.4) is 0 Å². The lowest BCUT2D eigenvalue weighted by Gasteiger charge is -2.10. The smallest absolute Gasteiger partial charge is 0.276 e. The number of aromatic nitrogens is 1. The van der Waals surface area contributed by atoms with Gasteiger partial charge in [-0.25, -0.2) is 0 Å². The van der Waals surface area contributed by atoms with Crippen LogP contribution in [0, 0.1) is 0 Å². The van der Waals surface area contributed by atoms with Crippen molar-refractivity contribution in [1.29, 1.82) is 0 Å². The van der Waals surface area contributed by atoms with Crippen LogP contribution in [0.4, 0.5) is 0 Å². The summed E-state index contributed by atoms with van der Waals surface area (Å²) in [6, 6.07) is 15.9. The van der Waals surface area contributed by atoms with Crippen LogP contribution >= 0.6 is 28.1 Å². The van der Waals surface area contributed by atoms with E-state index in [-0.39, 0.29) is 5.91 Å². The molecule has 3 aromatic rings. The van der Waals surface area contributed by atoms with Gasteiger partial charge in [-0.15, -0.1) is 0 Å². The molecule has 0 spiro atoms. The average Bonchev–Trinajstić information content (AvgIpc) is 3.15. The SMILES string of the molecule is CN1C(=O)C(=Cc2cn(CCOc3ccccc3)c3ccc(Br)cc23)N(C)C1=S. The molecule has 148 valence electrons. The number of halogens is 1. The van der Waals surface area contributed by atoms with Crippen molar-refractivity contribution in [2.75, 3.05) is 20.7 Å². The average molecular weight is 470 g/mol. The van der Waals surface area contributed by atoms with E-state index in [0.717, 1.165) is 26.7 Å². The first kappa shape index (κ1) is 19.7. The van der Waals surface area contributed by atoms with Crippen molar-refractivity contribution in [1.82, 2.24) is 14.4 Å². The number of ether oxygens (including phenoxy) is 1. The van der Waals surface area contributed by atoms with Gasteiger partial charge in [0.2, 0.25) is 0 Å². The van der Waals surface area contributed by atoms with Crippen molar-refractivity contribution in [2.45, 2.75) is 6.54 Å². The van der Waals surface area contributed by atoms with E-state index < -0.39 is 0 Å². The van der Waals surface area contributed by atoms with Gasteiger partial charge in [0.1, 0.15) is 18.1 Å². The van der Waals surface area contributed by atoms with Gasteiger partial charge in [0.05, 0.1) is 6.54 Å². The fraction of sp³-hybridized carbons (Fsp3) is 0.182. The van der Waals surface area contributed by atoms with Crippen molar-refractivity contribution >= 4 is 56.1 Å². The van der Waals surface area contributed by atoms with Crippen LogP contribution in [0.25, 0.3) is 17.0 Å². The number of amides is 1. The minimum atomic E-state index is -0.0965. The number of fused-ring (bicyclic) bond motifs is 1. The molecule has 5 nitrogen and oxygen atoms in total. The number of rotatable bonds is 5. The van der Waals surface area contributed by atoms with Crippen LogP contribution in [-0.2, 0) is 11.3 Å². The molecule has 1 aliphatic heterocycles. The Labute approximate surface area is 183 Å². The fourth-order valence-corrected chi connectivity index (χ4v) is 3.95. The Morgan fingerprint density at radius 1 is 1.10 bits per heavy atom. The first-order valence-corrected chi connectivity index (χ1v) is 10.4. The van der Waals surface area contributed by atoms with Gasteiger partial charge in [-0.1, -0.05) is 34.1 Å². The molecule has 0 radical (unpaired) electrons. The van der Waals surface area contributed by atoms with Crippen molar-refractivity contribution in [2.24, 2.45) is 0 Å². The Bertz CT molecular complexity index is 1120. The van der Waals surface area contributed by atoms with E-state index in [4.69, 9.17) is 17.0 Å². The summed E-state index contributed by atoms with van der Waals surface area (Å²) in [5.41, 5.74) is 2.62. The highest BCUT2D eigenvalue weighted by molar-refractivity contribution is 9.10. The number of hydrogen-bond donors (Lipinski definition) is 0. The Morgan fingerprint density at radius 2 is 1.86 bits per heavy atom. The molecule has 2 heterocycles. The molecule has 2 aromatic carbocycles. The van der Waals surface area contributed by atoms with Gasteiger partial charge in [-0.3, -0.25) is 9.69 Å². The summed E-state index contributed by atoms with van der Waals surface area (Å²) in [7, 11) is 3.52. The summed E-state index contributed by atoms with van der Waals surface area (Å²) < 4.78 is 8.99. The summed E-state index contributed by atoms with van der Waals surface area (Å²) in [6.45, 7) is 1.24. The second-order valence-corrected chi connectivity index (χ2v) is 8.12. The summed E-state index contributed by atoms with van der Waals surface area (Å²) in [6.07, 6.45) is 3.96. The lowest BCUT2D eigenvalue weighted by atomic mass is 10.1. The van der Waals surface area contributed by atoms with Gasteiger partial charge in [-0.2, -0.15) is 0 Å². The van der Waals surface area contributed by atoms with Crippen LogP contribution in [0.2, 0.25) is 0 Å². The van der Waals surface area contributed by atoms with Gasteiger partial charge in [0.15, 0.2) is 5.11 Å². The minimum Gasteiger partial charge on any atom is -0.492 e. The van der Waals surface area contributed by atoms with Gasteiger partial charge in [-0.05, 0) is 48.6 Å². The molecule has 0 atom stereocenters. The minimum absolute atomic E-state index is 0.0965. The van der Waals surface area contributed by atoms with Crippen LogP contribution in [0.15, 0.2) is 64.9 Å². The maximum Gasteiger partial charge on any atom is 0.276 e. The van der Waals surface area contributed by atoms with E-state index in [9.17, 15) is 4.79 Å². The van der Waals surface area contributed by atoms with E-state index in [0.29, 0.717) is 24.0 Å². The van der Waals surface area contributed by atoms with E-state index >= 15 is 0 Å². The second kappa shape index (κ2) is 8.00. The molecular weight excluding hydrogens is 450 g/mol. The third-order valence-electron chi connectivity index (χ3n) is 4.97. The molecule has 1 amide bonds. The Balaban J connectivity index is 1.66. The second-order valence-electron chi connectivity index (χ2n) is 6.84. The monoisotopic (exact) mass is 469 g/mol. The molecule has 7 heteroatoms. The van der Waals surface area contributed by atoms with E-state index in [1.807, 2.05) is 49.5 Å². The molecule has 0 unspecified atom stereocenters. The molecule has 0 bridgehead atoms. The van der Waals surface area contributed by atoms with E-state index in [2.05, 4.69) is 38.8 Å². The molecule has 1 aromatic heterocycles. The number of para-hydroxylation sites is 1. The topological polar surface area (TPSA) is 37.7 Å². The molecular formula is C22H20BrN3O2S. The van der Waals surface area contributed by atoms with Crippen molar-refractivity contribution in [3.63, 3.8) is 0 Å². The van der Waals surface area contributed by atoms with Gasteiger partial charge in [0.25, 0.3) is 5.91 Å². The standard InChI is InChI=1S/C22H20BrN3O2S/c1-24-20(21(27)25(2)22(24)29)12-15-14-26(19-9-8-16(23)13-18(15)19)10-11-28-17-6-4-3-5-7-17/h3-9,12-14H,10-11H2,1-2H3. The van der Waals surface area contributed by atoms with Crippen molar-refractivity contribution in [3.8, 4) is 5.75 Å². The lowest BCUT2D eigenvalue weighted by Crippen LogP contribution is -2.26. The highest BCUT2D eigenvalue weighted by atomic mass is 79.9. The number of hydrogen-bond acceptors (Lipinski definition) is 3. The quantitative estimate of drug-likeness (QED) is 0.406. The van der Waals surface area contributed by atoms with Crippen LogP contribution in [0.1, 0.15) is 5.56 Å². The summed E-state index contributed by atoms with van der Waals surface area (Å²) in [5, 5.41) is 1.57. The third kappa shape index (κ3) is 3.80. The molecule has 1 aliphatic rings. The Kier molecular flexibility index (Phi) is 5.43. The molecule has 1 fully saturated rings. The highest BCUT2D eigenvalue weighted by Gasteiger charge is 2.32. The number of carbonyl (C=O) groups is 1. The van der Waals surface area contributed by atoms with Gasteiger partial charge < -0.3 is 14.2 Å². The molecule has 29 heavy (non-hydrogen) atoms. The van der Waals surface area contributed by atoms with Gasteiger partial charge in [0, 0.05) is 41.2 Å². The zero-order valence-electron chi connectivity index (χ0n) is 16.1. The lowest BCUT2D eigenvalue weighted by molar-refractivity contribution is -0.121. The predicted octanol–water partition coefficient (Wildman–Crippen LogP) is 4.51. The molecule has 4 rings (SSSR count). The number of thiocarbonyl (C=S) groups is 1. The van der Waals surface area contributed by atoms with Crippen LogP contribution < -0.4 is 4.74 Å². The molecule has 1 saturated heterocycles. The number of nitrogens with zero attached hydrogens (tertiary/aromatic N) is 3. The maximum absolute atomic E-state index is 12.6. The molecule has 0 aliphatic carbocycles. The Morgan fingerprint density at radius 3 is 2.55 bits per heavy atom. The number of carbonyl (C=O) groups excluding carboxylic acids is 1. The summed E-state index contributed by atoms with van der Waals surface area (Å²) in [4.78, 5) is 15.8. The molecule has 0 saturated carbocycles. The highest BCUT2D eigenvalue weighted by Crippen LogP contribution is 2.29.